The van der Waals surface area contributed by atoms with Crippen LogP contribution in [0, 0.1) is 17.3 Å². The monoisotopic (exact) mass is 605 g/mol. The summed E-state index contributed by atoms with van der Waals surface area (Å²) in [5.74, 6) is 1.97. The van der Waals surface area contributed by atoms with E-state index in [9.17, 15) is 39.5 Å². The Morgan fingerprint density at radius 2 is 1.56 bits per heavy atom. The number of ether oxygens (including phenoxy) is 3. The van der Waals surface area contributed by atoms with Gasteiger partial charge in [0.1, 0.15) is 12.4 Å². The number of benzene rings is 1. The lowest BCUT2D eigenvalue weighted by molar-refractivity contribution is -0.457. The summed E-state index contributed by atoms with van der Waals surface area (Å²) in [4.78, 5) is 0. The molecule has 1 aromatic carbocycles. The van der Waals surface area contributed by atoms with Crippen molar-refractivity contribution in [2.75, 3.05) is 33.4 Å². The molecule has 0 bridgehead atoms. The van der Waals surface area contributed by atoms with Gasteiger partial charge in [0.15, 0.2) is 0 Å². The summed E-state index contributed by atoms with van der Waals surface area (Å²) in [7, 11) is 1.86. The summed E-state index contributed by atoms with van der Waals surface area (Å²) in [5.41, 5.74) is -3.86. The Hall–Kier alpha value is -1.73. The van der Waals surface area contributed by atoms with Crippen LogP contribution < -0.4 is 10.1 Å². The highest BCUT2D eigenvalue weighted by Crippen LogP contribution is 2.62. The topological polar surface area (TPSA) is 39.7 Å². The van der Waals surface area contributed by atoms with Gasteiger partial charge in [-0.05, 0) is 98.4 Å². The van der Waals surface area contributed by atoms with Crippen molar-refractivity contribution in [3.63, 3.8) is 0 Å². The van der Waals surface area contributed by atoms with Gasteiger partial charge in [-0.3, -0.25) is 0 Å². The molecule has 41 heavy (non-hydrogen) atoms. The number of aryl methyl sites for hydroxylation is 1. The molecule has 0 radical (unpaired) electrons. The van der Waals surface area contributed by atoms with Crippen LogP contribution in [0.4, 0.5) is 39.5 Å². The lowest BCUT2D eigenvalue weighted by Gasteiger charge is -2.50. The van der Waals surface area contributed by atoms with E-state index < -0.39 is 37.2 Å². The first-order valence-electron chi connectivity index (χ1n) is 13.9. The van der Waals surface area contributed by atoms with E-state index in [1.54, 1.807) is 0 Å². The minimum Gasteiger partial charge on any atom is -0.492 e. The second kappa shape index (κ2) is 11.7. The Balaban J connectivity index is 1.35. The molecular formula is C28H36F9NO3. The normalized spacial score (nSPS) is 28.7. The van der Waals surface area contributed by atoms with Crippen LogP contribution in [0.3, 0.4) is 0 Å². The first-order chi connectivity index (χ1) is 19.1. The van der Waals surface area contributed by atoms with Crippen molar-refractivity contribution < 1.29 is 53.7 Å². The van der Waals surface area contributed by atoms with Crippen LogP contribution >= 0.6 is 0 Å². The van der Waals surface area contributed by atoms with Crippen molar-refractivity contribution in [1.82, 2.24) is 5.32 Å². The van der Waals surface area contributed by atoms with E-state index in [0.29, 0.717) is 30.8 Å². The molecule has 1 unspecified atom stereocenters. The zero-order valence-corrected chi connectivity index (χ0v) is 22.9. The SMILES string of the molecule is CNCCOc1ccc2c(c1)CCC1[C@@H]2CC[C@]2(C)[C@@H](OCCCOC(C(F)(F)F)(C(F)(F)F)C(F)(F)F)CC[C@@H]12. The molecule has 0 spiro atoms. The Morgan fingerprint density at radius 1 is 0.878 bits per heavy atom. The zero-order chi connectivity index (χ0) is 30.3. The fourth-order valence-electron chi connectivity index (χ4n) is 7.38. The molecule has 0 amide bonds. The molecule has 1 aromatic rings. The molecule has 0 aromatic heterocycles. The molecule has 13 heteroatoms. The number of rotatable bonds is 10. The maximum absolute atomic E-state index is 13.1. The Bertz CT molecular complexity index is 1010. The molecule has 0 saturated heterocycles. The van der Waals surface area contributed by atoms with Crippen LogP contribution in [0.15, 0.2) is 18.2 Å². The van der Waals surface area contributed by atoms with E-state index in [2.05, 4.69) is 29.1 Å². The van der Waals surface area contributed by atoms with Gasteiger partial charge in [0.2, 0.25) is 0 Å². The number of halogens is 9. The number of nitrogens with one attached hydrogen (secondary N) is 1. The van der Waals surface area contributed by atoms with E-state index in [0.717, 1.165) is 44.4 Å². The van der Waals surface area contributed by atoms with Crippen molar-refractivity contribution in [2.45, 2.75) is 88.0 Å². The van der Waals surface area contributed by atoms with Crippen molar-refractivity contribution in [1.29, 1.82) is 0 Å². The maximum atomic E-state index is 13.1. The third-order valence-electron chi connectivity index (χ3n) is 9.36. The van der Waals surface area contributed by atoms with Crippen LogP contribution in [0.25, 0.3) is 0 Å². The van der Waals surface area contributed by atoms with Crippen LogP contribution in [0.1, 0.15) is 62.5 Å². The molecule has 5 atom stereocenters. The highest BCUT2D eigenvalue weighted by molar-refractivity contribution is 5.40. The summed E-state index contributed by atoms with van der Waals surface area (Å²) < 4.78 is 133. The molecule has 2 saturated carbocycles. The third kappa shape index (κ3) is 5.91. The fourth-order valence-corrected chi connectivity index (χ4v) is 7.38. The number of fused-ring (bicyclic) bond motifs is 5. The molecule has 4 nitrogen and oxygen atoms in total. The highest BCUT2D eigenvalue weighted by atomic mass is 19.4. The number of hydrogen-bond acceptors (Lipinski definition) is 4. The molecule has 0 heterocycles. The van der Waals surface area contributed by atoms with E-state index in [4.69, 9.17) is 9.47 Å². The molecule has 2 fully saturated rings. The maximum Gasteiger partial charge on any atom is 0.435 e. The summed E-state index contributed by atoms with van der Waals surface area (Å²) in [6, 6.07) is 6.26. The highest BCUT2D eigenvalue weighted by Gasteiger charge is 2.85. The quantitative estimate of drug-likeness (QED) is 0.224. The van der Waals surface area contributed by atoms with Gasteiger partial charge in [0.25, 0.3) is 0 Å². The molecule has 0 aliphatic heterocycles. The second-order valence-electron chi connectivity index (χ2n) is 11.6. The van der Waals surface area contributed by atoms with E-state index in [-0.39, 0.29) is 18.1 Å². The Kier molecular flexibility index (Phi) is 9.22. The third-order valence-corrected chi connectivity index (χ3v) is 9.36. The average molecular weight is 606 g/mol. The van der Waals surface area contributed by atoms with Crippen LogP contribution in [0.2, 0.25) is 0 Å². The first-order valence-corrected chi connectivity index (χ1v) is 13.9. The molecule has 234 valence electrons. The van der Waals surface area contributed by atoms with Crippen molar-refractivity contribution >= 4 is 0 Å². The smallest absolute Gasteiger partial charge is 0.435 e. The molecule has 1 N–H and O–H groups in total. The minimum atomic E-state index is -6.73. The van der Waals surface area contributed by atoms with Crippen LogP contribution in [0.5, 0.6) is 5.75 Å². The standard InChI is InChI=1S/C28H36F9NO3/c1-24-11-10-20-19-7-5-18(39-15-12-38-2)16-17(19)4-6-21(20)22(24)8-9-23(24)40-13-3-14-41-25(26(29,30)31,27(32,33)34)28(35,36)37/h5,7,16,20-23,38H,3-4,6,8-15H2,1-2H3/t20-,21?,22+,23+,24+/m1/s1. The van der Waals surface area contributed by atoms with E-state index in [1.165, 1.54) is 11.1 Å². The number of likely N-dealkylation sites (N-methyl/N-ethyl adjacent to an activating group) is 1. The summed E-state index contributed by atoms with van der Waals surface area (Å²) in [6.07, 6.45) is -15.8. The molecule has 3 aliphatic carbocycles. The fraction of sp³-hybridized carbons (Fsp3) is 0.786. The first kappa shape index (κ1) is 32.2. The van der Waals surface area contributed by atoms with E-state index in [1.807, 2.05) is 13.1 Å². The van der Waals surface area contributed by atoms with Crippen molar-refractivity contribution in [2.24, 2.45) is 17.3 Å². The van der Waals surface area contributed by atoms with Gasteiger partial charge in [0, 0.05) is 13.2 Å². The van der Waals surface area contributed by atoms with Crippen molar-refractivity contribution in [3.05, 3.63) is 29.3 Å². The lowest BCUT2D eigenvalue weighted by Crippen LogP contribution is -2.67. The van der Waals surface area contributed by atoms with Crippen LogP contribution in [-0.4, -0.2) is 63.6 Å². The molecular weight excluding hydrogens is 569 g/mol. The largest absolute Gasteiger partial charge is 0.492 e. The van der Waals surface area contributed by atoms with Gasteiger partial charge in [-0.15, -0.1) is 0 Å². The van der Waals surface area contributed by atoms with Gasteiger partial charge < -0.3 is 19.5 Å². The number of alkyl halides is 9. The predicted octanol–water partition coefficient (Wildman–Crippen LogP) is 7.36. The molecule has 3 aliphatic rings. The Morgan fingerprint density at radius 3 is 2.20 bits per heavy atom. The van der Waals surface area contributed by atoms with Gasteiger partial charge in [-0.25, -0.2) is 0 Å². The van der Waals surface area contributed by atoms with E-state index >= 15 is 0 Å². The zero-order valence-electron chi connectivity index (χ0n) is 22.9. The summed E-state index contributed by atoms with van der Waals surface area (Å²) in [6.45, 7) is 1.71. The second-order valence-corrected chi connectivity index (χ2v) is 11.6. The Labute approximate surface area is 233 Å². The van der Waals surface area contributed by atoms with Gasteiger partial charge in [0.05, 0.1) is 12.7 Å². The summed E-state index contributed by atoms with van der Waals surface area (Å²) >= 11 is 0. The van der Waals surface area contributed by atoms with Gasteiger partial charge in [-0.1, -0.05) is 13.0 Å². The van der Waals surface area contributed by atoms with Crippen LogP contribution in [-0.2, 0) is 15.9 Å². The van der Waals surface area contributed by atoms with Gasteiger partial charge >= 0.3 is 24.1 Å². The lowest BCUT2D eigenvalue weighted by atomic mass is 9.55. The number of hydrogen-bond donors (Lipinski definition) is 1. The summed E-state index contributed by atoms with van der Waals surface area (Å²) in [5, 5.41) is 3.04. The average Bonchev–Trinajstić information content (AvgIpc) is 3.19. The molecule has 4 rings (SSSR count). The van der Waals surface area contributed by atoms with Gasteiger partial charge in [-0.2, -0.15) is 39.5 Å². The van der Waals surface area contributed by atoms with Crippen molar-refractivity contribution in [3.8, 4) is 5.75 Å². The predicted molar refractivity (Wildman–Crippen MR) is 132 cm³/mol. The minimum absolute atomic E-state index is 0.233.